The highest BCUT2D eigenvalue weighted by molar-refractivity contribution is 6.01. The number of anilines is 1. The number of nitrogens with zero attached hydrogens (tertiary/aromatic N) is 1. The van der Waals surface area contributed by atoms with Gasteiger partial charge in [0.25, 0.3) is 5.91 Å². The predicted octanol–water partition coefficient (Wildman–Crippen LogP) is 1.30. The molecule has 5 nitrogen and oxygen atoms in total. The molecule has 104 valence electrons. The second kappa shape index (κ2) is 6.78. The highest BCUT2D eigenvalue weighted by Gasteiger charge is 2.19. The fraction of sp³-hybridized carbons (Fsp3) is 0.429. The van der Waals surface area contributed by atoms with E-state index in [1.54, 1.807) is 12.1 Å². The first-order valence-electron chi connectivity index (χ1n) is 6.40. The molecule has 0 saturated carbocycles. The van der Waals surface area contributed by atoms with Crippen LogP contribution in [0.5, 0.6) is 0 Å². The third-order valence-corrected chi connectivity index (χ3v) is 2.97. The molecular weight excluding hydrogens is 242 g/mol. The van der Waals surface area contributed by atoms with Crippen LogP contribution in [-0.2, 0) is 4.79 Å². The van der Waals surface area contributed by atoms with Crippen LogP contribution in [0, 0.1) is 6.92 Å². The van der Waals surface area contributed by atoms with Gasteiger partial charge >= 0.3 is 0 Å². The summed E-state index contributed by atoms with van der Waals surface area (Å²) in [6.07, 6.45) is 1.76. The molecule has 0 bridgehead atoms. The number of carbonyl (C=O) groups is 2. The van der Waals surface area contributed by atoms with Crippen LogP contribution < -0.4 is 11.5 Å². The molecule has 0 radical (unpaired) electrons. The summed E-state index contributed by atoms with van der Waals surface area (Å²) < 4.78 is 0. The molecule has 2 amide bonds. The number of para-hydroxylation sites is 1. The number of rotatable bonds is 6. The zero-order valence-electron chi connectivity index (χ0n) is 11.5. The van der Waals surface area contributed by atoms with E-state index in [1.165, 1.54) is 4.90 Å². The summed E-state index contributed by atoms with van der Waals surface area (Å²) in [5.41, 5.74) is 12.8. The molecule has 0 heterocycles. The zero-order valence-corrected chi connectivity index (χ0v) is 11.5. The monoisotopic (exact) mass is 263 g/mol. The molecule has 0 fully saturated rings. The van der Waals surface area contributed by atoms with E-state index in [0.29, 0.717) is 17.8 Å². The van der Waals surface area contributed by atoms with Gasteiger partial charge in [-0.1, -0.05) is 25.5 Å². The second-order valence-electron chi connectivity index (χ2n) is 4.58. The van der Waals surface area contributed by atoms with E-state index < -0.39 is 5.91 Å². The number of nitrogen functional groups attached to an aromatic ring is 1. The Labute approximate surface area is 113 Å². The third-order valence-electron chi connectivity index (χ3n) is 2.97. The van der Waals surface area contributed by atoms with Crippen molar-refractivity contribution in [2.75, 3.05) is 18.8 Å². The number of nitrogens with two attached hydrogens (primary N) is 2. The van der Waals surface area contributed by atoms with Gasteiger partial charge in [-0.3, -0.25) is 9.59 Å². The van der Waals surface area contributed by atoms with Crippen LogP contribution >= 0.6 is 0 Å². The number of aryl methyl sites for hydroxylation is 1. The summed E-state index contributed by atoms with van der Waals surface area (Å²) in [5.74, 6) is -0.760. The van der Waals surface area contributed by atoms with Crippen molar-refractivity contribution in [1.29, 1.82) is 0 Å². The number of benzene rings is 1. The van der Waals surface area contributed by atoms with Crippen LogP contribution in [0.3, 0.4) is 0 Å². The van der Waals surface area contributed by atoms with Crippen LogP contribution in [0.4, 0.5) is 5.69 Å². The van der Waals surface area contributed by atoms with Crippen molar-refractivity contribution >= 4 is 17.5 Å². The molecule has 0 aliphatic carbocycles. The zero-order chi connectivity index (χ0) is 14.4. The van der Waals surface area contributed by atoms with Crippen LogP contribution in [0.25, 0.3) is 0 Å². The lowest BCUT2D eigenvalue weighted by atomic mass is 10.1. The van der Waals surface area contributed by atoms with Crippen molar-refractivity contribution in [3.05, 3.63) is 29.3 Å². The summed E-state index contributed by atoms with van der Waals surface area (Å²) in [7, 11) is 0. The SMILES string of the molecule is CCCCN(CC(N)=O)C(=O)c1cccc(C)c1N. The van der Waals surface area contributed by atoms with Gasteiger partial charge in [-0.05, 0) is 25.0 Å². The highest BCUT2D eigenvalue weighted by Crippen LogP contribution is 2.18. The first kappa shape index (κ1) is 15.0. The van der Waals surface area contributed by atoms with E-state index in [2.05, 4.69) is 0 Å². The molecule has 0 aliphatic rings. The van der Waals surface area contributed by atoms with E-state index >= 15 is 0 Å². The van der Waals surface area contributed by atoms with Gasteiger partial charge in [-0.25, -0.2) is 0 Å². The molecular formula is C14H21N3O2. The van der Waals surface area contributed by atoms with E-state index in [9.17, 15) is 9.59 Å². The number of amides is 2. The Morgan fingerprint density at radius 3 is 2.58 bits per heavy atom. The second-order valence-corrected chi connectivity index (χ2v) is 4.58. The van der Waals surface area contributed by atoms with Crippen molar-refractivity contribution < 1.29 is 9.59 Å². The van der Waals surface area contributed by atoms with E-state index in [-0.39, 0.29) is 12.5 Å². The molecule has 5 heteroatoms. The van der Waals surface area contributed by atoms with Gasteiger partial charge in [0, 0.05) is 12.2 Å². The smallest absolute Gasteiger partial charge is 0.256 e. The molecule has 0 spiro atoms. The minimum absolute atomic E-state index is 0.0772. The normalized spacial score (nSPS) is 10.2. The van der Waals surface area contributed by atoms with Crippen molar-refractivity contribution in [2.45, 2.75) is 26.7 Å². The summed E-state index contributed by atoms with van der Waals surface area (Å²) in [6.45, 7) is 4.29. The average Bonchev–Trinajstić information content (AvgIpc) is 2.36. The molecule has 1 aromatic carbocycles. The number of hydrogen-bond acceptors (Lipinski definition) is 3. The first-order valence-corrected chi connectivity index (χ1v) is 6.40. The number of hydrogen-bond donors (Lipinski definition) is 2. The molecule has 0 atom stereocenters. The lowest BCUT2D eigenvalue weighted by molar-refractivity contribution is -0.118. The van der Waals surface area contributed by atoms with Crippen LogP contribution in [0.15, 0.2) is 18.2 Å². The Bertz CT molecular complexity index is 472. The first-order chi connectivity index (χ1) is 8.97. The highest BCUT2D eigenvalue weighted by atomic mass is 16.2. The van der Waals surface area contributed by atoms with Gasteiger partial charge in [0.1, 0.15) is 0 Å². The van der Waals surface area contributed by atoms with Gasteiger partial charge < -0.3 is 16.4 Å². The summed E-state index contributed by atoms with van der Waals surface area (Å²) in [6, 6.07) is 5.29. The number of carbonyl (C=O) groups excluding carboxylic acids is 2. The largest absolute Gasteiger partial charge is 0.398 e. The molecule has 4 N–H and O–H groups in total. The minimum atomic E-state index is -0.518. The topological polar surface area (TPSA) is 89.4 Å². The lowest BCUT2D eigenvalue weighted by Crippen LogP contribution is -2.39. The van der Waals surface area contributed by atoms with Crippen molar-refractivity contribution in [3.8, 4) is 0 Å². The molecule has 1 aromatic rings. The van der Waals surface area contributed by atoms with Crippen LogP contribution in [-0.4, -0.2) is 29.8 Å². The number of unbranched alkanes of at least 4 members (excludes halogenated alkanes) is 1. The fourth-order valence-electron chi connectivity index (χ4n) is 1.83. The Morgan fingerprint density at radius 2 is 2.00 bits per heavy atom. The summed E-state index contributed by atoms with van der Waals surface area (Å²) in [4.78, 5) is 24.9. The molecule has 1 rings (SSSR count). The molecule has 0 saturated heterocycles. The molecule has 0 unspecified atom stereocenters. The van der Waals surface area contributed by atoms with E-state index in [0.717, 1.165) is 18.4 Å². The van der Waals surface area contributed by atoms with Gasteiger partial charge in [0.2, 0.25) is 5.91 Å². The van der Waals surface area contributed by atoms with E-state index in [4.69, 9.17) is 11.5 Å². The number of primary amides is 1. The molecule has 0 aromatic heterocycles. The van der Waals surface area contributed by atoms with Crippen molar-refractivity contribution in [1.82, 2.24) is 4.90 Å². The van der Waals surface area contributed by atoms with Gasteiger partial charge in [-0.2, -0.15) is 0 Å². The minimum Gasteiger partial charge on any atom is -0.398 e. The fourth-order valence-corrected chi connectivity index (χ4v) is 1.83. The quantitative estimate of drug-likeness (QED) is 0.758. The summed E-state index contributed by atoms with van der Waals surface area (Å²) >= 11 is 0. The average molecular weight is 263 g/mol. The maximum atomic E-state index is 12.4. The van der Waals surface area contributed by atoms with Crippen LogP contribution in [0.1, 0.15) is 35.7 Å². The predicted molar refractivity (Wildman–Crippen MR) is 75.6 cm³/mol. The lowest BCUT2D eigenvalue weighted by Gasteiger charge is -2.22. The maximum Gasteiger partial charge on any atom is 0.256 e. The van der Waals surface area contributed by atoms with Gasteiger partial charge in [0.05, 0.1) is 12.1 Å². The molecule has 0 aliphatic heterocycles. The van der Waals surface area contributed by atoms with Crippen LogP contribution in [0.2, 0.25) is 0 Å². The maximum absolute atomic E-state index is 12.4. The Hall–Kier alpha value is -2.04. The molecule has 19 heavy (non-hydrogen) atoms. The third kappa shape index (κ3) is 3.98. The van der Waals surface area contributed by atoms with Gasteiger partial charge in [-0.15, -0.1) is 0 Å². The Balaban J connectivity index is 2.97. The summed E-state index contributed by atoms with van der Waals surface area (Å²) in [5, 5.41) is 0. The van der Waals surface area contributed by atoms with Gasteiger partial charge in [0.15, 0.2) is 0 Å². The van der Waals surface area contributed by atoms with E-state index in [1.807, 2.05) is 19.9 Å². The Morgan fingerprint density at radius 1 is 1.32 bits per heavy atom. The van der Waals surface area contributed by atoms with Crippen molar-refractivity contribution in [2.24, 2.45) is 5.73 Å². The standard InChI is InChI=1S/C14H21N3O2/c1-3-4-8-17(9-12(15)18)14(19)11-7-5-6-10(2)13(11)16/h5-7H,3-4,8-9,16H2,1-2H3,(H2,15,18). The van der Waals surface area contributed by atoms with Crippen molar-refractivity contribution in [3.63, 3.8) is 0 Å². The Kier molecular flexibility index (Phi) is 5.36.